The number of thioether (sulfide) groups is 1. The molecule has 102 valence electrons. The van der Waals surface area contributed by atoms with Crippen LogP contribution in [-0.2, 0) is 10.0 Å². The maximum absolute atomic E-state index is 11.2. The highest BCUT2D eigenvalue weighted by Crippen LogP contribution is 2.16. The molecule has 0 saturated heterocycles. The summed E-state index contributed by atoms with van der Waals surface area (Å²) in [5.41, 5.74) is 2.42. The molecule has 18 heavy (non-hydrogen) atoms. The van der Waals surface area contributed by atoms with E-state index in [-0.39, 0.29) is 12.3 Å². The number of anilines is 2. The predicted octanol–water partition coefficient (Wildman–Crippen LogP) is -0.555. The van der Waals surface area contributed by atoms with Gasteiger partial charge in [0.1, 0.15) is 11.6 Å². The van der Waals surface area contributed by atoms with Gasteiger partial charge in [-0.15, -0.1) is 0 Å². The second-order valence-corrected chi connectivity index (χ2v) is 6.04. The van der Waals surface area contributed by atoms with Gasteiger partial charge in [-0.25, -0.2) is 29.0 Å². The van der Waals surface area contributed by atoms with Crippen LogP contribution in [0.4, 0.5) is 11.6 Å². The third-order valence-corrected chi connectivity index (χ3v) is 3.94. The average Bonchev–Trinajstić information content (AvgIpc) is 2.38. The summed E-state index contributed by atoms with van der Waals surface area (Å²) in [6, 6.07) is 1.60. The number of nitrogen functional groups attached to an aromatic ring is 1. The molecule has 0 aromatic carbocycles. The Balaban J connectivity index is 2.67. The molecule has 0 fully saturated rings. The Labute approximate surface area is 110 Å². The first-order valence-electron chi connectivity index (χ1n) is 5.05. The summed E-state index contributed by atoms with van der Waals surface area (Å²) in [6.45, 7) is 0.248. The molecule has 1 aromatic heterocycles. The highest BCUT2D eigenvalue weighted by Gasteiger charge is 2.07. The molecule has 0 spiro atoms. The number of nitrogens with two attached hydrogens (primary N) is 1. The molecule has 0 aliphatic carbocycles. The van der Waals surface area contributed by atoms with E-state index in [0.29, 0.717) is 16.8 Å². The van der Waals surface area contributed by atoms with Crippen molar-refractivity contribution in [2.75, 3.05) is 36.3 Å². The number of nitrogens with one attached hydrogen (secondary N) is 3. The topological polar surface area (TPSA) is 122 Å². The number of rotatable bonds is 7. The Morgan fingerprint density at radius 3 is 2.61 bits per heavy atom. The van der Waals surface area contributed by atoms with Gasteiger partial charge in [-0.2, -0.15) is 0 Å². The van der Waals surface area contributed by atoms with E-state index >= 15 is 0 Å². The molecule has 0 aliphatic rings. The fraction of sp³-hybridized carbons (Fsp3) is 0.500. The van der Waals surface area contributed by atoms with Gasteiger partial charge in [-0.1, -0.05) is 11.8 Å². The molecule has 10 heteroatoms. The summed E-state index contributed by atoms with van der Waals surface area (Å²) in [4.78, 5) is 8.26. The molecule has 0 unspecified atom stereocenters. The maximum atomic E-state index is 11.2. The summed E-state index contributed by atoms with van der Waals surface area (Å²) >= 11 is 1.37. The predicted molar refractivity (Wildman–Crippen MR) is 73.0 cm³/mol. The first-order valence-corrected chi connectivity index (χ1v) is 7.93. The highest BCUT2D eigenvalue weighted by atomic mass is 32.2. The lowest BCUT2D eigenvalue weighted by Crippen LogP contribution is -2.26. The Morgan fingerprint density at radius 2 is 2.06 bits per heavy atom. The Bertz CT molecular complexity index is 470. The van der Waals surface area contributed by atoms with E-state index in [2.05, 4.69) is 25.4 Å². The van der Waals surface area contributed by atoms with Crippen molar-refractivity contribution in [3.8, 4) is 0 Å². The smallest absolute Gasteiger partial charge is 0.213 e. The van der Waals surface area contributed by atoms with Crippen LogP contribution < -0.4 is 21.3 Å². The standard InChI is InChI=1S/C8H16N6O2S2/c1-10-18(15,16)4-3-11-6-5-7(14-9)13-8(12-6)17-2/h5,10H,3-4,9H2,1-2H3,(H2,11,12,13,14). The van der Waals surface area contributed by atoms with Crippen LogP contribution in [0.1, 0.15) is 0 Å². The third kappa shape index (κ3) is 4.64. The van der Waals surface area contributed by atoms with E-state index in [9.17, 15) is 8.42 Å². The second kappa shape index (κ2) is 6.73. The summed E-state index contributed by atoms with van der Waals surface area (Å²) in [6.07, 6.45) is 1.84. The number of nitrogens with zero attached hydrogens (tertiary/aromatic N) is 2. The van der Waals surface area contributed by atoms with Gasteiger partial charge >= 0.3 is 0 Å². The van der Waals surface area contributed by atoms with Crippen molar-refractivity contribution in [1.82, 2.24) is 14.7 Å². The number of hydrogen-bond acceptors (Lipinski definition) is 8. The van der Waals surface area contributed by atoms with Gasteiger partial charge in [0.2, 0.25) is 10.0 Å². The van der Waals surface area contributed by atoms with Crippen LogP contribution in [0.2, 0.25) is 0 Å². The molecule has 0 saturated carbocycles. The zero-order chi connectivity index (χ0) is 13.6. The molecule has 1 aromatic rings. The molecular formula is C8H16N6O2S2. The van der Waals surface area contributed by atoms with Gasteiger partial charge in [0.15, 0.2) is 5.16 Å². The zero-order valence-electron chi connectivity index (χ0n) is 10.1. The van der Waals surface area contributed by atoms with Crippen LogP contribution in [0.25, 0.3) is 0 Å². The van der Waals surface area contributed by atoms with E-state index in [1.165, 1.54) is 18.8 Å². The van der Waals surface area contributed by atoms with Gasteiger partial charge in [0, 0.05) is 12.6 Å². The van der Waals surface area contributed by atoms with Crippen LogP contribution in [-0.4, -0.2) is 44.0 Å². The molecule has 0 atom stereocenters. The minimum atomic E-state index is -3.22. The Morgan fingerprint density at radius 1 is 1.39 bits per heavy atom. The molecule has 8 nitrogen and oxygen atoms in total. The van der Waals surface area contributed by atoms with E-state index in [4.69, 9.17) is 5.84 Å². The van der Waals surface area contributed by atoms with Gasteiger partial charge in [-0.3, -0.25) is 0 Å². The lowest BCUT2D eigenvalue weighted by atomic mass is 10.5. The first-order chi connectivity index (χ1) is 8.50. The maximum Gasteiger partial charge on any atom is 0.213 e. The Hall–Kier alpha value is -1.10. The van der Waals surface area contributed by atoms with E-state index < -0.39 is 10.0 Å². The summed E-state index contributed by atoms with van der Waals surface area (Å²) in [5, 5.41) is 3.45. The van der Waals surface area contributed by atoms with Crippen LogP contribution in [0.3, 0.4) is 0 Å². The third-order valence-electron chi connectivity index (χ3n) is 2.02. The summed E-state index contributed by atoms with van der Waals surface area (Å²) in [7, 11) is -1.85. The SMILES string of the molecule is CNS(=O)(=O)CCNc1cc(NN)nc(SC)n1. The molecule has 0 amide bonds. The molecule has 0 bridgehead atoms. The molecule has 1 rings (SSSR count). The summed E-state index contributed by atoms with van der Waals surface area (Å²) < 4.78 is 24.7. The minimum absolute atomic E-state index is 0.0342. The fourth-order valence-corrected chi connectivity index (χ4v) is 2.05. The Kier molecular flexibility index (Phi) is 5.59. The van der Waals surface area contributed by atoms with Crippen molar-refractivity contribution in [2.45, 2.75) is 5.16 Å². The fourth-order valence-electron chi connectivity index (χ4n) is 1.10. The van der Waals surface area contributed by atoms with Gasteiger partial charge in [0.25, 0.3) is 0 Å². The van der Waals surface area contributed by atoms with Crippen molar-refractivity contribution in [3.05, 3.63) is 6.07 Å². The normalized spacial score (nSPS) is 11.3. The van der Waals surface area contributed by atoms with E-state index in [1.807, 2.05) is 6.26 Å². The van der Waals surface area contributed by atoms with Crippen molar-refractivity contribution < 1.29 is 8.42 Å². The lowest BCUT2D eigenvalue weighted by molar-refractivity contribution is 0.588. The molecular weight excluding hydrogens is 276 g/mol. The summed E-state index contributed by atoms with van der Waals surface area (Å²) in [5.74, 6) is 6.23. The van der Waals surface area contributed by atoms with Gasteiger partial charge in [0.05, 0.1) is 5.75 Å². The van der Waals surface area contributed by atoms with Crippen LogP contribution >= 0.6 is 11.8 Å². The number of hydrazine groups is 1. The average molecular weight is 292 g/mol. The van der Waals surface area contributed by atoms with Gasteiger partial charge in [-0.05, 0) is 13.3 Å². The quantitative estimate of drug-likeness (QED) is 0.228. The van der Waals surface area contributed by atoms with Crippen LogP contribution in [0, 0.1) is 0 Å². The van der Waals surface area contributed by atoms with E-state index in [0.717, 1.165) is 0 Å². The molecule has 5 N–H and O–H groups in total. The number of sulfonamides is 1. The van der Waals surface area contributed by atoms with Crippen LogP contribution in [0.5, 0.6) is 0 Å². The number of hydrogen-bond donors (Lipinski definition) is 4. The molecule has 0 radical (unpaired) electrons. The minimum Gasteiger partial charge on any atom is -0.369 e. The highest BCUT2D eigenvalue weighted by molar-refractivity contribution is 7.98. The van der Waals surface area contributed by atoms with Crippen molar-refractivity contribution >= 4 is 33.4 Å². The van der Waals surface area contributed by atoms with Crippen molar-refractivity contribution in [3.63, 3.8) is 0 Å². The molecule has 0 aliphatic heterocycles. The van der Waals surface area contributed by atoms with E-state index in [1.54, 1.807) is 6.07 Å². The monoisotopic (exact) mass is 292 g/mol. The van der Waals surface area contributed by atoms with Gasteiger partial charge < -0.3 is 10.7 Å². The number of aromatic nitrogens is 2. The lowest BCUT2D eigenvalue weighted by Gasteiger charge is -2.08. The van der Waals surface area contributed by atoms with Crippen molar-refractivity contribution in [2.24, 2.45) is 5.84 Å². The van der Waals surface area contributed by atoms with Crippen LogP contribution in [0.15, 0.2) is 11.2 Å². The largest absolute Gasteiger partial charge is 0.369 e. The zero-order valence-corrected chi connectivity index (χ0v) is 11.7. The molecule has 1 heterocycles. The second-order valence-electron chi connectivity index (χ2n) is 3.22. The first kappa shape index (κ1) is 15.0. The van der Waals surface area contributed by atoms with Crippen molar-refractivity contribution in [1.29, 1.82) is 0 Å².